The molecular formula is C20H23N7O. The molecule has 1 aliphatic carbocycles. The van der Waals surface area contributed by atoms with Crippen LogP contribution >= 0.6 is 0 Å². The highest BCUT2D eigenvalue weighted by atomic mass is 16.5. The van der Waals surface area contributed by atoms with Gasteiger partial charge in [-0.25, -0.2) is 10.8 Å². The number of ether oxygens (including phenoxy) is 1. The smallest absolute Gasteiger partial charge is 0.124 e. The average Bonchev–Trinajstić information content (AvgIpc) is 3.33. The van der Waals surface area contributed by atoms with Crippen molar-refractivity contribution in [2.24, 2.45) is 23.8 Å². The van der Waals surface area contributed by atoms with E-state index in [1.165, 1.54) is 17.9 Å². The van der Waals surface area contributed by atoms with Crippen LogP contribution in [0.25, 0.3) is 5.70 Å². The van der Waals surface area contributed by atoms with Crippen molar-refractivity contribution in [1.29, 1.82) is 0 Å². The summed E-state index contributed by atoms with van der Waals surface area (Å²) in [5, 5.41) is 7.80. The second-order valence-electron chi connectivity index (χ2n) is 7.39. The molecule has 2 aliphatic heterocycles. The van der Waals surface area contributed by atoms with Gasteiger partial charge >= 0.3 is 0 Å². The minimum absolute atomic E-state index is 0.628. The fourth-order valence-corrected chi connectivity index (χ4v) is 3.38. The van der Waals surface area contributed by atoms with E-state index in [2.05, 4.69) is 21.6 Å². The first-order valence-corrected chi connectivity index (χ1v) is 9.45. The Hall–Kier alpha value is -3.26. The standard InChI is InChI=1S/C20H23N7O/c1-25-9-16(8-23-25)19-20-17(11-26(21)13-22-20)27(24-19)10-15-4-2-3-5-18(15)28-12-14-6-7-14/h2-5,8-9,11,13-14,24H,6-7,10,12,21H2,1H3. The van der Waals surface area contributed by atoms with Gasteiger partial charge in [-0.05, 0) is 24.8 Å². The molecule has 2 aromatic rings. The number of nitrogens with one attached hydrogen (secondary N) is 1. The van der Waals surface area contributed by atoms with Gasteiger partial charge in [-0.3, -0.25) is 20.1 Å². The third-order valence-electron chi connectivity index (χ3n) is 5.07. The number of fused-ring (bicyclic) bond motifs is 1. The van der Waals surface area contributed by atoms with E-state index in [0.29, 0.717) is 12.5 Å². The van der Waals surface area contributed by atoms with Gasteiger partial charge in [0.1, 0.15) is 23.5 Å². The molecule has 1 aromatic heterocycles. The largest absolute Gasteiger partial charge is 0.493 e. The van der Waals surface area contributed by atoms with Crippen molar-refractivity contribution in [2.45, 2.75) is 19.4 Å². The Bertz CT molecular complexity index is 986. The van der Waals surface area contributed by atoms with Crippen molar-refractivity contribution in [3.8, 4) is 5.75 Å². The van der Waals surface area contributed by atoms with E-state index in [-0.39, 0.29) is 0 Å². The molecule has 0 bridgehead atoms. The van der Waals surface area contributed by atoms with Gasteiger partial charge in [0, 0.05) is 30.6 Å². The van der Waals surface area contributed by atoms with Gasteiger partial charge in [0.25, 0.3) is 0 Å². The fraction of sp³-hybridized carbons (Fsp3) is 0.300. The molecule has 0 spiro atoms. The Morgan fingerprint density at radius 3 is 2.93 bits per heavy atom. The van der Waals surface area contributed by atoms with E-state index < -0.39 is 0 Å². The van der Waals surface area contributed by atoms with Crippen LogP contribution in [0.4, 0.5) is 0 Å². The number of aryl methyl sites for hydroxylation is 1. The molecule has 1 aromatic carbocycles. The van der Waals surface area contributed by atoms with E-state index >= 15 is 0 Å². The highest BCUT2D eigenvalue weighted by Crippen LogP contribution is 2.35. The molecule has 0 atom stereocenters. The SMILES string of the molecule is Cn1cc(C2=C3N=CN(N)C=C3N(Cc3ccccc3OCC3CC3)N2)cn1. The average molecular weight is 377 g/mol. The minimum atomic E-state index is 0.628. The predicted octanol–water partition coefficient (Wildman–Crippen LogP) is 1.96. The van der Waals surface area contributed by atoms with Crippen LogP contribution in [0.2, 0.25) is 0 Å². The number of nitrogens with zero attached hydrogens (tertiary/aromatic N) is 5. The maximum atomic E-state index is 6.08. The number of nitrogens with two attached hydrogens (primary N) is 1. The summed E-state index contributed by atoms with van der Waals surface area (Å²) < 4.78 is 7.85. The molecule has 3 N–H and O–H groups in total. The second-order valence-corrected chi connectivity index (χ2v) is 7.39. The second kappa shape index (κ2) is 6.72. The third-order valence-corrected chi connectivity index (χ3v) is 5.07. The zero-order chi connectivity index (χ0) is 19.1. The van der Waals surface area contributed by atoms with Crippen LogP contribution in [-0.4, -0.2) is 32.7 Å². The van der Waals surface area contributed by atoms with Gasteiger partial charge in [-0.2, -0.15) is 5.10 Å². The highest BCUT2D eigenvalue weighted by Gasteiger charge is 2.31. The number of aliphatic imine (C=N–C) groups is 1. The quantitative estimate of drug-likeness (QED) is 0.749. The van der Waals surface area contributed by atoms with Gasteiger partial charge < -0.3 is 4.74 Å². The Balaban J connectivity index is 1.42. The third kappa shape index (κ3) is 3.22. The lowest BCUT2D eigenvalue weighted by molar-refractivity contribution is 0.273. The molecule has 144 valence electrons. The van der Waals surface area contributed by atoms with Crippen molar-refractivity contribution in [3.05, 3.63) is 65.4 Å². The Morgan fingerprint density at radius 2 is 2.14 bits per heavy atom. The fourth-order valence-electron chi connectivity index (χ4n) is 3.38. The van der Waals surface area contributed by atoms with Crippen molar-refractivity contribution in [1.82, 2.24) is 25.2 Å². The van der Waals surface area contributed by atoms with Crippen LogP contribution in [-0.2, 0) is 13.6 Å². The molecule has 5 rings (SSSR count). The number of para-hydroxylation sites is 1. The summed E-state index contributed by atoms with van der Waals surface area (Å²) in [5.41, 5.74) is 8.25. The Kier molecular flexibility index (Phi) is 4.05. The maximum absolute atomic E-state index is 6.08. The summed E-state index contributed by atoms with van der Waals surface area (Å²) in [6.07, 6.45) is 9.81. The zero-order valence-electron chi connectivity index (χ0n) is 15.7. The van der Waals surface area contributed by atoms with Crippen molar-refractivity contribution in [3.63, 3.8) is 0 Å². The summed E-state index contributed by atoms with van der Waals surface area (Å²) >= 11 is 0. The molecule has 28 heavy (non-hydrogen) atoms. The highest BCUT2D eigenvalue weighted by molar-refractivity contribution is 5.77. The van der Waals surface area contributed by atoms with Gasteiger partial charge in [-0.1, -0.05) is 18.2 Å². The first-order chi connectivity index (χ1) is 13.7. The maximum Gasteiger partial charge on any atom is 0.124 e. The van der Waals surface area contributed by atoms with Crippen LogP contribution < -0.4 is 16.0 Å². The number of benzene rings is 1. The molecule has 3 heterocycles. The molecular weight excluding hydrogens is 354 g/mol. The topological polar surface area (TPSA) is 83.9 Å². The number of hydrazine groups is 2. The van der Waals surface area contributed by atoms with Crippen LogP contribution in [0.15, 0.2) is 59.2 Å². The first-order valence-electron chi connectivity index (χ1n) is 9.45. The molecule has 0 amide bonds. The predicted molar refractivity (Wildman–Crippen MR) is 106 cm³/mol. The molecule has 8 heteroatoms. The number of hydrogen-bond acceptors (Lipinski definition) is 7. The number of rotatable bonds is 6. The normalized spacial score (nSPS) is 18.3. The van der Waals surface area contributed by atoms with Gasteiger partial charge in [0.15, 0.2) is 0 Å². The van der Waals surface area contributed by atoms with Crippen molar-refractivity contribution < 1.29 is 4.74 Å². The van der Waals surface area contributed by atoms with Crippen LogP contribution in [0.1, 0.15) is 24.0 Å². The Morgan fingerprint density at radius 1 is 1.29 bits per heavy atom. The van der Waals surface area contributed by atoms with Gasteiger partial charge in [0.05, 0.1) is 25.0 Å². The van der Waals surface area contributed by atoms with Crippen molar-refractivity contribution in [2.75, 3.05) is 6.61 Å². The number of hydrogen-bond donors (Lipinski definition) is 2. The van der Waals surface area contributed by atoms with Gasteiger partial charge in [-0.15, -0.1) is 0 Å². The summed E-state index contributed by atoms with van der Waals surface area (Å²) in [7, 11) is 1.90. The lowest BCUT2D eigenvalue weighted by Crippen LogP contribution is -2.33. The molecule has 3 aliphatic rings. The first kappa shape index (κ1) is 16.9. The summed E-state index contributed by atoms with van der Waals surface area (Å²) in [6.45, 7) is 1.42. The zero-order valence-corrected chi connectivity index (χ0v) is 15.7. The molecule has 8 nitrogen and oxygen atoms in total. The summed E-state index contributed by atoms with van der Waals surface area (Å²) in [6, 6.07) is 8.18. The summed E-state index contributed by atoms with van der Waals surface area (Å²) in [5.74, 6) is 7.58. The molecule has 1 saturated carbocycles. The van der Waals surface area contributed by atoms with Crippen molar-refractivity contribution >= 4 is 12.0 Å². The van der Waals surface area contributed by atoms with E-state index in [0.717, 1.165) is 40.6 Å². The van der Waals surface area contributed by atoms with Crippen LogP contribution in [0, 0.1) is 5.92 Å². The van der Waals surface area contributed by atoms with E-state index in [1.54, 1.807) is 11.0 Å². The number of aromatic nitrogens is 2. The lowest BCUT2D eigenvalue weighted by Gasteiger charge is -2.25. The molecule has 0 radical (unpaired) electrons. The molecule has 0 unspecified atom stereocenters. The summed E-state index contributed by atoms with van der Waals surface area (Å²) in [4.78, 5) is 4.54. The lowest BCUT2D eigenvalue weighted by atomic mass is 10.1. The molecule has 1 fully saturated rings. The van der Waals surface area contributed by atoms with E-state index in [1.807, 2.05) is 48.8 Å². The monoisotopic (exact) mass is 377 g/mol. The minimum Gasteiger partial charge on any atom is -0.493 e. The Labute approximate surface area is 163 Å². The van der Waals surface area contributed by atoms with E-state index in [9.17, 15) is 0 Å². The van der Waals surface area contributed by atoms with Crippen LogP contribution in [0.5, 0.6) is 5.75 Å². The molecule has 0 saturated heterocycles. The van der Waals surface area contributed by atoms with Crippen LogP contribution in [0.3, 0.4) is 0 Å². The van der Waals surface area contributed by atoms with Gasteiger partial charge in [0.2, 0.25) is 0 Å². The van der Waals surface area contributed by atoms with E-state index in [4.69, 9.17) is 10.6 Å².